The zero-order chi connectivity index (χ0) is 5.70. The van der Waals surface area contributed by atoms with Crippen molar-refractivity contribution in [3.8, 4) is 0 Å². The van der Waals surface area contributed by atoms with E-state index in [0.29, 0.717) is 5.94 Å². The van der Waals surface area contributed by atoms with Crippen molar-refractivity contribution in [2.45, 2.75) is 5.02 Å². The molecule has 0 aromatic rings. The summed E-state index contributed by atoms with van der Waals surface area (Å²) in [6.45, 7) is 0. The lowest BCUT2D eigenvalue weighted by Crippen LogP contribution is -1.92. The van der Waals surface area contributed by atoms with Crippen molar-refractivity contribution < 1.29 is 4.74 Å². The second-order valence-electron chi connectivity index (χ2n) is 0.654. The van der Waals surface area contributed by atoms with E-state index in [1.165, 1.54) is 0 Å². The molecule has 0 bridgehead atoms. The van der Waals surface area contributed by atoms with Gasteiger partial charge in [0.2, 0.25) is 5.02 Å². The van der Waals surface area contributed by atoms with Crippen LogP contribution in [0.15, 0.2) is 0 Å². The topological polar surface area (TPSA) is 9.23 Å². The van der Waals surface area contributed by atoms with Gasteiger partial charge in [-0.1, -0.05) is 23.2 Å². The summed E-state index contributed by atoms with van der Waals surface area (Å²) in [5.74, 6) is 0.319. The molecule has 0 aliphatic rings. The molecule has 0 aromatic carbocycles. The van der Waals surface area contributed by atoms with Gasteiger partial charge in [0.1, 0.15) is 5.94 Å². The van der Waals surface area contributed by atoms with Gasteiger partial charge in [-0.25, -0.2) is 0 Å². The Balaban J connectivity index is 2.68. The molecule has 0 atom stereocenters. The maximum absolute atomic E-state index is 5.13. The molecule has 5 heteroatoms. The van der Waals surface area contributed by atoms with Crippen LogP contribution in [0.3, 0.4) is 0 Å². The Morgan fingerprint density at radius 1 is 1.57 bits per heavy atom. The third-order valence-electron chi connectivity index (χ3n) is 0.239. The first-order valence-corrected chi connectivity index (χ1v) is 4.09. The summed E-state index contributed by atoms with van der Waals surface area (Å²) >= 11 is 10.3. The first-order chi connectivity index (χ1) is 3.27. The van der Waals surface area contributed by atoms with Crippen molar-refractivity contribution in [1.29, 1.82) is 0 Å². The first-order valence-electron chi connectivity index (χ1n) is 1.40. The van der Waals surface area contributed by atoms with Crippen LogP contribution < -0.4 is 0 Å². The summed E-state index contributed by atoms with van der Waals surface area (Å²) in [5.41, 5.74) is 0. The van der Waals surface area contributed by atoms with Crippen molar-refractivity contribution >= 4 is 44.9 Å². The van der Waals surface area contributed by atoms with Gasteiger partial charge in [0.25, 0.3) is 0 Å². The molecule has 0 aliphatic carbocycles. The van der Waals surface area contributed by atoms with Crippen LogP contribution >= 0.6 is 44.9 Å². The highest BCUT2D eigenvalue weighted by Crippen LogP contribution is 2.10. The van der Waals surface area contributed by atoms with Crippen molar-refractivity contribution in [2.75, 3.05) is 5.94 Å². The van der Waals surface area contributed by atoms with Gasteiger partial charge in [-0.15, -0.1) is 0 Å². The number of halogens is 3. The van der Waals surface area contributed by atoms with E-state index < -0.39 is 5.02 Å². The molecule has 7 heavy (non-hydrogen) atoms. The number of alkyl halides is 2. The zero-order valence-electron chi connectivity index (χ0n) is 3.23. The smallest absolute Gasteiger partial charge is 0.207 e. The van der Waals surface area contributed by atoms with Crippen molar-refractivity contribution in [1.82, 2.24) is 0 Å². The lowest BCUT2D eigenvalue weighted by atomic mass is 11.5. The minimum atomic E-state index is -0.758. The minimum absolute atomic E-state index is 0.319. The average Bonchev–Trinajstić information content (AvgIpc) is 1.61. The molecule has 0 amide bonds. The molecule has 0 aliphatic heterocycles. The van der Waals surface area contributed by atoms with Gasteiger partial charge < -0.3 is 4.74 Å². The fraction of sp³-hybridized carbons (Fsp3) is 1.00. The average molecular weight is 181 g/mol. The van der Waals surface area contributed by atoms with Crippen LogP contribution in [0, 0.1) is 0 Å². The highest BCUT2D eigenvalue weighted by molar-refractivity contribution is 8.20. The highest BCUT2D eigenvalue weighted by Gasteiger charge is 1.93. The molecule has 0 fully saturated rings. The van der Waals surface area contributed by atoms with E-state index in [1.54, 1.807) is 0 Å². The van der Waals surface area contributed by atoms with Gasteiger partial charge in [0.15, 0.2) is 0 Å². The Bertz CT molecular complexity index is 41.9. The summed E-state index contributed by atoms with van der Waals surface area (Å²) in [6.07, 6.45) is 0. The molecule has 0 unspecified atom stereocenters. The Morgan fingerprint density at radius 2 is 2.14 bits per heavy atom. The summed E-state index contributed by atoms with van der Waals surface area (Å²) < 4.78 is 4.55. The van der Waals surface area contributed by atoms with Gasteiger partial charge in [-0.3, -0.25) is 0 Å². The lowest BCUT2D eigenvalue weighted by Gasteiger charge is -1.96. The predicted molar refractivity (Wildman–Crippen MR) is 34.9 cm³/mol. The molecule has 0 saturated carbocycles. The van der Waals surface area contributed by atoms with E-state index in [0.717, 1.165) is 11.0 Å². The van der Waals surface area contributed by atoms with E-state index in [4.69, 9.17) is 33.9 Å². The molecule has 44 valence electrons. The van der Waals surface area contributed by atoms with Crippen molar-refractivity contribution in [2.24, 2.45) is 0 Å². The summed E-state index contributed by atoms with van der Waals surface area (Å²) in [4.78, 5) is 0. The van der Waals surface area contributed by atoms with E-state index in [9.17, 15) is 0 Å². The van der Waals surface area contributed by atoms with Crippen LogP contribution in [-0.2, 0) is 4.74 Å². The Morgan fingerprint density at radius 3 is 2.29 bits per heavy atom. The summed E-state index contributed by atoms with van der Waals surface area (Å²) in [5, 5.41) is -0.758. The fourth-order valence-electron chi connectivity index (χ4n) is 0.0772. The quantitative estimate of drug-likeness (QED) is 0.489. The monoisotopic (exact) mass is 180 g/mol. The second-order valence-corrected chi connectivity index (χ2v) is 2.78. The number of hydrogen-bond acceptors (Lipinski definition) is 2. The van der Waals surface area contributed by atoms with Gasteiger partial charge in [-0.2, -0.15) is 0 Å². The maximum atomic E-state index is 5.13. The van der Waals surface area contributed by atoms with Gasteiger partial charge in [-0.05, 0) is 21.7 Å². The normalized spacial score (nSPS) is 10.3. The molecule has 0 spiro atoms. The standard InChI is InChI=1S/C2H3Cl3OS/c3-2(4)6-1-7-5/h2H,1H2. The Labute approximate surface area is 60.8 Å². The molecule has 0 radical (unpaired) electrons. The molecule has 0 N–H and O–H groups in total. The molecule has 1 nitrogen and oxygen atoms in total. The Hall–Kier alpha value is 1.18. The van der Waals surface area contributed by atoms with Gasteiger partial charge in [0.05, 0.1) is 0 Å². The third kappa shape index (κ3) is 7.18. The number of rotatable bonds is 3. The van der Waals surface area contributed by atoms with E-state index in [2.05, 4.69) is 4.74 Å². The van der Waals surface area contributed by atoms with E-state index in [1.807, 2.05) is 0 Å². The van der Waals surface area contributed by atoms with Crippen LogP contribution in [0.25, 0.3) is 0 Å². The van der Waals surface area contributed by atoms with Crippen molar-refractivity contribution in [3.63, 3.8) is 0 Å². The predicted octanol–water partition coefficient (Wildman–Crippen LogP) is 2.61. The van der Waals surface area contributed by atoms with Crippen LogP contribution in [0.1, 0.15) is 0 Å². The number of ether oxygens (including phenoxy) is 1. The molecule has 0 rings (SSSR count). The second kappa shape index (κ2) is 5.32. The first kappa shape index (κ1) is 8.18. The van der Waals surface area contributed by atoms with Crippen LogP contribution in [0.2, 0.25) is 0 Å². The number of hydrogen-bond donors (Lipinski definition) is 0. The van der Waals surface area contributed by atoms with Gasteiger partial charge >= 0.3 is 0 Å². The van der Waals surface area contributed by atoms with Crippen molar-refractivity contribution in [3.05, 3.63) is 0 Å². The van der Waals surface area contributed by atoms with E-state index in [-0.39, 0.29) is 0 Å². The maximum Gasteiger partial charge on any atom is 0.207 e. The summed E-state index contributed by atoms with van der Waals surface area (Å²) in [6, 6.07) is 0. The lowest BCUT2D eigenvalue weighted by molar-refractivity contribution is 0.209. The molecular weight excluding hydrogens is 178 g/mol. The molecule has 0 aromatic heterocycles. The fourth-order valence-corrected chi connectivity index (χ4v) is 0.694. The van der Waals surface area contributed by atoms with E-state index >= 15 is 0 Å². The zero-order valence-corrected chi connectivity index (χ0v) is 6.32. The molecule has 0 saturated heterocycles. The minimum Gasteiger partial charge on any atom is -0.337 e. The third-order valence-corrected chi connectivity index (χ3v) is 0.983. The van der Waals surface area contributed by atoms with Crippen LogP contribution in [0.5, 0.6) is 0 Å². The summed E-state index contributed by atoms with van der Waals surface area (Å²) in [7, 11) is 6.13. The van der Waals surface area contributed by atoms with Gasteiger partial charge in [0, 0.05) is 0 Å². The Kier molecular flexibility index (Phi) is 6.22. The van der Waals surface area contributed by atoms with Crippen LogP contribution in [-0.4, -0.2) is 11.0 Å². The SMILES string of the molecule is ClSCOC(Cl)Cl. The molecular formula is C2H3Cl3OS. The highest BCUT2D eigenvalue weighted by atomic mass is 35.7. The van der Waals surface area contributed by atoms with Crippen LogP contribution in [0.4, 0.5) is 0 Å². The molecule has 0 heterocycles. The largest absolute Gasteiger partial charge is 0.337 e.